The lowest BCUT2D eigenvalue weighted by molar-refractivity contribution is 0.783. The van der Waals surface area contributed by atoms with E-state index in [1.54, 1.807) is 0 Å². The van der Waals surface area contributed by atoms with E-state index >= 15 is 0 Å². The van der Waals surface area contributed by atoms with Crippen LogP contribution in [0.2, 0.25) is 0 Å². The highest BCUT2D eigenvalue weighted by atomic mass is 15.3. The van der Waals surface area contributed by atoms with E-state index < -0.39 is 0 Å². The molecule has 0 saturated carbocycles. The molecule has 96 valence electrons. The minimum absolute atomic E-state index is 0.886. The van der Waals surface area contributed by atoms with Crippen LogP contribution in [0.15, 0.2) is 30.3 Å². The zero-order valence-corrected chi connectivity index (χ0v) is 11.4. The van der Waals surface area contributed by atoms with Crippen molar-refractivity contribution in [3.63, 3.8) is 0 Å². The predicted octanol–water partition coefficient (Wildman–Crippen LogP) is 2.72. The molecule has 0 fully saturated rings. The Morgan fingerprint density at radius 3 is 2.67 bits per heavy atom. The van der Waals surface area contributed by atoms with Crippen LogP contribution >= 0.6 is 0 Å². The zero-order chi connectivity index (χ0) is 13.0. The summed E-state index contributed by atoms with van der Waals surface area (Å²) in [5.74, 6) is 0. The molecular formula is C15H21N3. The molecule has 2 aromatic rings. The summed E-state index contributed by atoms with van der Waals surface area (Å²) in [6, 6.07) is 10.7. The molecule has 0 spiro atoms. The van der Waals surface area contributed by atoms with E-state index in [-0.39, 0.29) is 0 Å². The van der Waals surface area contributed by atoms with Crippen molar-refractivity contribution in [1.29, 1.82) is 0 Å². The maximum atomic E-state index is 4.67. The molecule has 1 aromatic carbocycles. The molecular weight excluding hydrogens is 222 g/mol. The Morgan fingerprint density at radius 2 is 2.00 bits per heavy atom. The lowest BCUT2D eigenvalue weighted by Gasteiger charge is -2.08. The number of rotatable bonds is 5. The summed E-state index contributed by atoms with van der Waals surface area (Å²) in [4.78, 5) is 0. The second kappa shape index (κ2) is 5.83. The fraction of sp³-hybridized carbons (Fsp3) is 0.400. The highest BCUT2D eigenvalue weighted by molar-refractivity contribution is 5.37. The third kappa shape index (κ3) is 2.62. The van der Waals surface area contributed by atoms with E-state index in [2.05, 4.69) is 59.3 Å². The van der Waals surface area contributed by atoms with Crippen molar-refractivity contribution in [3.8, 4) is 5.69 Å². The summed E-state index contributed by atoms with van der Waals surface area (Å²) in [7, 11) is 1.97. The average Bonchev–Trinajstić information content (AvgIpc) is 2.83. The summed E-state index contributed by atoms with van der Waals surface area (Å²) in [6.07, 6.45) is 1.99. The highest BCUT2D eigenvalue weighted by Crippen LogP contribution is 2.15. The molecule has 3 nitrogen and oxygen atoms in total. The van der Waals surface area contributed by atoms with Crippen LogP contribution in [0.1, 0.15) is 30.8 Å². The summed E-state index contributed by atoms with van der Waals surface area (Å²) in [5.41, 5.74) is 4.87. The van der Waals surface area contributed by atoms with Gasteiger partial charge < -0.3 is 5.32 Å². The minimum atomic E-state index is 0.886. The molecule has 0 aliphatic rings. The van der Waals surface area contributed by atoms with Gasteiger partial charge in [-0.1, -0.05) is 26.0 Å². The van der Waals surface area contributed by atoms with Gasteiger partial charge in [-0.15, -0.1) is 0 Å². The van der Waals surface area contributed by atoms with Crippen molar-refractivity contribution in [2.24, 2.45) is 0 Å². The second-order valence-corrected chi connectivity index (χ2v) is 4.45. The molecule has 0 atom stereocenters. The SMILES string of the molecule is CCc1cc(CC)n(-c2cccc(CNC)c2)n1. The number of benzene rings is 1. The standard InChI is InChI=1S/C15H21N3/c1-4-13-10-14(5-2)18(17-13)15-8-6-7-12(9-15)11-16-3/h6-10,16H,4-5,11H2,1-3H3. The molecule has 0 aliphatic carbocycles. The number of aryl methyl sites for hydroxylation is 2. The van der Waals surface area contributed by atoms with Crippen LogP contribution in [0.5, 0.6) is 0 Å². The van der Waals surface area contributed by atoms with Gasteiger partial charge in [0.05, 0.1) is 11.4 Å². The quantitative estimate of drug-likeness (QED) is 0.875. The Balaban J connectivity index is 2.40. The van der Waals surface area contributed by atoms with Crippen LogP contribution in [0.4, 0.5) is 0 Å². The molecule has 1 heterocycles. The number of hydrogen-bond acceptors (Lipinski definition) is 2. The summed E-state index contributed by atoms with van der Waals surface area (Å²) in [6.45, 7) is 5.20. The lowest BCUT2D eigenvalue weighted by atomic mass is 10.2. The smallest absolute Gasteiger partial charge is 0.0652 e. The van der Waals surface area contributed by atoms with Gasteiger partial charge in [-0.05, 0) is 43.7 Å². The number of nitrogens with one attached hydrogen (secondary N) is 1. The van der Waals surface area contributed by atoms with Gasteiger partial charge in [0.1, 0.15) is 0 Å². The van der Waals surface area contributed by atoms with Crippen LogP contribution in [0.25, 0.3) is 5.69 Å². The van der Waals surface area contributed by atoms with Crippen LogP contribution in [0.3, 0.4) is 0 Å². The topological polar surface area (TPSA) is 29.9 Å². The molecule has 1 aromatic heterocycles. The third-order valence-corrected chi connectivity index (χ3v) is 3.09. The van der Waals surface area contributed by atoms with E-state index in [0.29, 0.717) is 0 Å². The maximum absolute atomic E-state index is 4.67. The van der Waals surface area contributed by atoms with Crippen LogP contribution in [-0.2, 0) is 19.4 Å². The molecule has 0 amide bonds. The molecule has 0 bridgehead atoms. The largest absolute Gasteiger partial charge is 0.316 e. The normalized spacial score (nSPS) is 10.8. The van der Waals surface area contributed by atoms with Gasteiger partial charge in [-0.2, -0.15) is 5.10 Å². The first kappa shape index (κ1) is 12.8. The third-order valence-electron chi connectivity index (χ3n) is 3.09. The van der Waals surface area contributed by atoms with Crippen molar-refractivity contribution in [1.82, 2.24) is 15.1 Å². The lowest BCUT2D eigenvalue weighted by Crippen LogP contribution is -2.07. The predicted molar refractivity (Wildman–Crippen MR) is 75.1 cm³/mol. The second-order valence-electron chi connectivity index (χ2n) is 4.45. The number of aromatic nitrogens is 2. The molecule has 0 aliphatic heterocycles. The van der Waals surface area contributed by atoms with Crippen molar-refractivity contribution >= 4 is 0 Å². The van der Waals surface area contributed by atoms with Gasteiger partial charge in [-0.25, -0.2) is 4.68 Å². The molecule has 3 heteroatoms. The first-order valence-electron chi connectivity index (χ1n) is 6.60. The van der Waals surface area contributed by atoms with Crippen LogP contribution in [0, 0.1) is 0 Å². The van der Waals surface area contributed by atoms with E-state index in [0.717, 1.165) is 30.8 Å². The summed E-state index contributed by atoms with van der Waals surface area (Å²) in [5, 5.41) is 7.85. The van der Waals surface area contributed by atoms with Gasteiger partial charge in [0, 0.05) is 12.2 Å². The molecule has 0 unspecified atom stereocenters. The van der Waals surface area contributed by atoms with E-state index in [4.69, 9.17) is 0 Å². The number of nitrogens with zero attached hydrogens (tertiary/aromatic N) is 2. The van der Waals surface area contributed by atoms with Gasteiger partial charge in [-0.3, -0.25) is 0 Å². The van der Waals surface area contributed by atoms with Gasteiger partial charge in [0.25, 0.3) is 0 Å². The van der Waals surface area contributed by atoms with Crippen molar-refractivity contribution in [2.45, 2.75) is 33.2 Å². The number of hydrogen-bond donors (Lipinski definition) is 1. The Bertz CT molecular complexity index is 514. The van der Waals surface area contributed by atoms with E-state index in [1.807, 2.05) is 7.05 Å². The van der Waals surface area contributed by atoms with Gasteiger partial charge in [0.2, 0.25) is 0 Å². The zero-order valence-electron chi connectivity index (χ0n) is 11.4. The van der Waals surface area contributed by atoms with Gasteiger partial charge >= 0.3 is 0 Å². The van der Waals surface area contributed by atoms with Crippen LogP contribution < -0.4 is 5.32 Å². The van der Waals surface area contributed by atoms with E-state index in [9.17, 15) is 0 Å². The molecule has 18 heavy (non-hydrogen) atoms. The molecule has 0 radical (unpaired) electrons. The van der Waals surface area contributed by atoms with Crippen molar-refractivity contribution in [2.75, 3.05) is 7.05 Å². The minimum Gasteiger partial charge on any atom is -0.316 e. The Morgan fingerprint density at radius 1 is 1.17 bits per heavy atom. The summed E-state index contributed by atoms with van der Waals surface area (Å²) < 4.78 is 2.07. The average molecular weight is 243 g/mol. The van der Waals surface area contributed by atoms with Crippen LogP contribution in [-0.4, -0.2) is 16.8 Å². The maximum Gasteiger partial charge on any atom is 0.0652 e. The fourth-order valence-corrected chi connectivity index (χ4v) is 2.13. The summed E-state index contributed by atoms with van der Waals surface area (Å²) >= 11 is 0. The highest BCUT2D eigenvalue weighted by Gasteiger charge is 2.07. The first-order chi connectivity index (χ1) is 8.78. The Labute approximate surface area is 109 Å². The molecule has 0 saturated heterocycles. The first-order valence-corrected chi connectivity index (χ1v) is 6.60. The Kier molecular flexibility index (Phi) is 4.15. The van der Waals surface area contributed by atoms with Crippen molar-refractivity contribution in [3.05, 3.63) is 47.3 Å². The molecule has 2 rings (SSSR count). The van der Waals surface area contributed by atoms with Gasteiger partial charge in [0.15, 0.2) is 0 Å². The molecule has 1 N–H and O–H groups in total. The fourth-order valence-electron chi connectivity index (χ4n) is 2.13. The monoisotopic (exact) mass is 243 g/mol. The van der Waals surface area contributed by atoms with Crippen molar-refractivity contribution < 1.29 is 0 Å². The Hall–Kier alpha value is -1.61. The van der Waals surface area contributed by atoms with E-state index in [1.165, 1.54) is 11.3 Å².